The molecule has 0 heterocycles. The number of hydrogen-bond donors (Lipinski definition) is 2. The lowest BCUT2D eigenvalue weighted by Gasteiger charge is -2.35. The summed E-state index contributed by atoms with van der Waals surface area (Å²) in [5.74, 6) is 0.561. The van der Waals surface area contributed by atoms with Gasteiger partial charge in [-0.1, -0.05) is 31.9 Å². The van der Waals surface area contributed by atoms with E-state index >= 15 is 0 Å². The Hall–Kier alpha value is -1.46. The zero-order chi connectivity index (χ0) is 15.5. The third kappa shape index (κ3) is 4.25. The van der Waals surface area contributed by atoms with Crippen molar-refractivity contribution in [1.82, 2.24) is 5.32 Å². The smallest absolute Gasteiger partial charge is 0.272 e. The zero-order valence-electron chi connectivity index (χ0n) is 12.8. The van der Waals surface area contributed by atoms with E-state index in [1.54, 1.807) is 19.1 Å². The van der Waals surface area contributed by atoms with Crippen molar-refractivity contribution in [3.63, 3.8) is 0 Å². The van der Waals surface area contributed by atoms with Crippen molar-refractivity contribution < 1.29 is 10.0 Å². The first kappa shape index (κ1) is 15.9. The van der Waals surface area contributed by atoms with Crippen LogP contribution in [0.25, 0.3) is 0 Å². The third-order valence-electron chi connectivity index (χ3n) is 4.32. The average molecular weight is 292 g/mol. The average Bonchev–Trinajstić information content (AvgIpc) is 2.40. The van der Waals surface area contributed by atoms with Crippen LogP contribution < -0.4 is 5.32 Å². The Balaban J connectivity index is 1.91. The summed E-state index contributed by atoms with van der Waals surface area (Å²) in [6.45, 7) is 4.99. The molecule has 0 saturated heterocycles. The van der Waals surface area contributed by atoms with Crippen molar-refractivity contribution >= 4 is 5.69 Å². The van der Waals surface area contributed by atoms with E-state index in [1.807, 2.05) is 6.07 Å². The van der Waals surface area contributed by atoms with E-state index in [9.17, 15) is 15.2 Å². The minimum absolute atomic E-state index is 0.152. The lowest BCUT2D eigenvalue weighted by atomic mass is 9.79. The summed E-state index contributed by atoms with van der Waals surface area (Å²) >= 11 is 0. The van der Waals surface area contributed by atoms with Crippen molar-refractivity contribution in [2.75, 3.05) is 6.54 Å². The van der Waals surface area contributed by atoms with Crippen LogP contribution in [0.15, 0.2) is 18.2 Å². The number of rotatable bonds is 5. The maximum absolute atomic E-state index is 10.9. The van der Waals surface area contributed by atoms with Gasteiger partial charge in [-0.3, -0.25) is 10.1 Å². The Bertz CT molecular complexity index is 518. The SMILES string of the molecule is Cc1ccc(CNCC2(O)CCCC(C)C2)cc1[N+](=O)[O-]. The van der Waals surface area contributed by atoms with E-state index in [2.05, 4.69) is 12.2 Å². The molecule has 0 amide bonds. The van der Waals surface area contributed by atoms with Gasteiger partial charge in [-0.2, -0.15) is 0 Å². The van der Waals surface area contributed by atoms with Gasteiger partial charge in [0.15, 0.2) is 0 Å². The van der Waals surface area contributed by atoms with E-state index in [4.69, 9.17) is 0 Å². The lowest BCUT2D eigenvalue weighted by Crippen LogP contribution is -2.43. The van der Waals surface area contributed by atoms with Crippen molar-refractivity contribution in [1.29, 1.82) is 0 Å². The van der Waals surface area contributed by atoms with Crippen LogP contribution in [-0.2, 0) is 6.54 Å². The van der Waals surface area contributed by atoms with Gasteiger partial charge in [0, 0.05) is 24.7 Å². The van der Waals surface area contributed by atoms with E-state index in [-0.39, 0.29) is 10.6 Å². The van der Waals surface area contributed by atoms with Gasteiger partial charge in [0.1, 0.15) is 0 Å². The van der Waals surface area contributed by atoms with Gasteiger partial charge in [0.05, 0.1) is 10.5 Å². The first-order chi connectivity index (χ1) is 9.89. The molecular weight excluding hydrogens is 268 g/mol. The topological polar surface area (TPSA) is 75.4 Å². The minimum Gasteiger partial charge on any atom is -0.389 e. The summed E-state index contributed by atoms with van der Waals surface area (Å²) in [5.41, 5.74) is 1.07. The molecule has 2 N–H and O–H groups in total. The Morgan fingerprint density at radius 1 is 1.52 bits per heavy atom. The van der Waals surface area contributed by atoms with Crippen molar-refractivity contribution in [2.45, 2.75) is 51.7 Å². The maximum atomic E-state index is 10.9. The zero-order valence-corrected chi connectivity index (χ0v) is 12.8. The molecule has 1 aromatic rings. The predicted molar refractivity (Wildman–Crippen MR) is 82.1 cm³/mol. The first-order valence-electron chi connectivity index (χ1n) is 7.57. The number of hydrogen-bond acceptors (Lipinski definition) is 4. The van der Waals surface area contributed by atoms with E-state index in [0.717, 1.165) is 24.8 Å². The minimum atomic E-state index is -0.631. The van der Waals surface area contributed by atoms with Crippen LogP contribution in [0.4, 0.5) is 5.69 Å². The second kappa shape index (κ2) is 6.54. The molecule has 0 spiro atoms. The molecule has 21 heavy (non-hydrogen) atoms. The van der Waals surface area contributed by atoms with Crippen LogP contribution in [0, 0.1) is 23.0 Å². The molecule has 5 nitrogen and oxygen atoms in total. The Morgan fingerprint density at radius 2 is 2.29 bits per heavy atom. The fraction of sp³-hybridized carbons (Fsp3) is 0.625. The summed E-state index contributed by atoms with van der Waals surface area (Å²) in [6.07, 6.45) is 3.91. The first-order valence-corrected chi connectivity index (χ1v) is 7.57. The van der Waals surface area contributed by atoms with Crippen LogP contribution >= 0.6 is 0 Å². The largest absolute Gasteiger partial charge is 0.389 e. The fourth-order valence-corrected chi connectivity index (χ4v) is 3.19. The van der Waals surface area contributed by atoms with Crippen LogP contribution in [0.1, 0.15) is 43.7 Å². The van der Waals surface area contributed by atoms with E-state index in [1.165, 1.54) is 6.42 Å². The molecule has 2 atom stereocenters. The van der Waals surface area contributed by atoms with Crippen LogP contribution in [0.5, 0.6) is 0 Å². The summed E-state index contributed by atoms with van der Waals surface area (Å²) < 4.78 is 0. The van der Waals surface area contributed by atoms with Gasteiger partial charge in [-0.15, -0.1) is 0 Å². The molecule has 1 aliphatic rings. The Labute approximate surface area is 125 Å². The number of benzene rings is 1. The monoisotopic (exact) mass is 292 g/mol. The number of aliphatic hydroxyl groups is 1. The van der Waals surface area contributed by atoms with E-state index in [0.29, 0.717) is 24.6 Å². The van der Waals surface area contributed by atoms with E-state index < -0.39 is 5.60 Å². The predicted octanol–water partition coefficient (Wildman–Crippen LogP) is 2.93. The van der Waals surface area contributed by atoms with Gasteiger partial charge >= 0.3 is 0 Å². The second-order valence-corrected chi connectivity index (χ2v) is 6.41. The molecule has 1 fully saturated rings. The number of nitrogens with one attached hydrogen (secondary N) is 1. The molecule has 0 bridgehead atoms. The highest BCUT2D eigenvalue weighted by atomic mass is 16.6. The number of nitro groups is 1. The maximum Gasteiger partial charge on any atom is 0.272 e. The summed E-state index contributed by atoms with van der Waals surface area (Å²) in [5, 5.41) is 24.7. The highest BCUT2D eigenvalue weighted by Crippen LogP contribution is 2.31. The van der Waals surface area contributed by atoms with Gasteiger partial charge in [0.25, 0.3) is 5.69 Å². The Morgan fingerprint density at radius 3 is 2.95 bits per heavy atom. The molecule has 0 radical (unpaired) electrons. The Kier molecular flexibility index (Phi) is 4.96. The van der Waals surface area contributed by atoms with Crippen LogP contribution in [0.3, 0.4) is 0 Å². The quantitative estimate of drug-likeness (QED) is 0.646. The molecular formula is C16H24N2O3. The summed E-state index contributed by atoms with van der Waals surface area (Å²) in [7, 11) is 0. The molecule has 2 unspecified atom stereocenters. The standard InChI is InChI=1S/C16H24N2O3/c1-12-4-3-7-16(19,9-12)11-17-10-14-6-5-13(2)15(8-14)18(20)21/h5-6,8,12,17,19H,3-4,7,9-11H2,1-2H3. The highest BCUT2D eigenvalue weighted by molar-refractivity contribution is 5.42. The van der Waals surface area contributed by atoms with Crippen molar-refractivity contribution in [2.24, 2.45) is 5.92 Å². The normalized spacial score (nSPS) is 25.8. The molecule has 1 saturated carbocycles. The van der Waals surface area contributed by atoms with Crippen LogP contribution in [-0.4, -0.2) is 22.2 Å². The molecule has 2 rings (SSSR count). The fourth-order valence-electron chi connectivity index (χ4n) is 3.19. The third-order valence-corrected chi connectivity index (χ3v) is 4.32. The summed E-state index contributed by atoms with van der Waals surface area (Å²) in [6, 6.07) is 5.27. The van der Waals surface area contributed by atoms with Crippen LogP contribution in [0.2, 0.25) is 0 Å². The molecule has 0 aliphatic heterocycles. The van der Waals surface area contributed by atoms with Gasteiger partial charge < -0.3 is 10.4 Å². The molecule has 0 aromatic heterocycles. The molecule has 1 aliphatic carbocycles. The summed E-state index contributed by atoms with van der Waals surface area (Å²) in [4.78, 5) is 10.6. The number of nitrogens with zero attached hydrogens (tertiary/aromatic N) is 1. The number of nitro benzene ring substituents is 1. The molecule has 116 valence electrons. The highest BCUT2D eigenvalue weighted by Gasteiger charge is 2.31. The van der Waals surface area contributed by atoms with Gasteiger partial charge in [0.2, 0.25) is 0 Å². The van der Waals surface area contributed by atoms with Crippen molar-refractivity contribution in [3.8, 4) is 0 Å². The van der Waals surface area contributed by atoms with Gasteiger partial charge in [-0.05, 0) is 31.2 Å². The molecule has 5 heteroatoms. The molecule has 1 aromatic carbocycles. The second-order valence-electron chi connectivity index (χ2n) is 6.41. The van der Waals surface area contributed by atoms with Crippen molar-refractivity contribution in [3.05, 3.63) is 39.4 Å². The number of aryl methyl sites for hydroxylation is 1. The lowest BCUT2D eigenvalue weighted by molar-refractivity contribution is -0.385. The van der Waals surface area contributed by atoms with Gasteiger partial charge in [-0.25, -0.2) is 0 Å².